The van der Waals surface area contributed by atoms with Gasteiger partial charge in [0, 0.05) is 22.5 Å². The lowest BCUT2D eigenvalue weighted by atomic mass is 10.2. The molecule has 0 atom stereocenters. The second kappa shape index (κ2) is 5.73. The average molecular weight is 296 g/mol. The van der Waals surface area contributed by atoms with E-state index in [2.05, 4.69) is 11.6 Å². The third kappa shape index (κ3) is 3.34. The van der Waals surface area contributed by atoms with E-state index in [-0.39, 0.29) is 4.90 Å². The Morgan fingerprint density at radius 2 is 1.95 bits per heavy atom. The second-order valence-electron chi connectivity index (χ2n) is 4.11. The maximum absolute atomic E-state index is 12.1. The van der Waals surface area contributed by atoms with Gasteiger partial charge in [0.25, 0.3) is 10.0 Å². The molecule has 0 unspecified atom stereocenters. The zero-order valence-electron chi connectivity index (χ0n) is 10.6. The minimum absolute atomic E-state index is 0.262. The van der Waals surface area contributed by atoms with E-state index in [4.69, 9.17) is 5.73 Å². The first-order valence-electron chi connectivity index (χ1n) is 5.94. The summed E-state index contributed by atoms with van der Waals surface area (Å²) in [5, 5.41) is 1.60. The molecule has 4 nitrogen and oxygen atoms in total. The zero-order valence-corrected chi connectivity index (χ0v) is 12.2. The summed E-state index contributed by atoms with van der Waals surface area (Å²) < 4.78 is 26.8. The number of hydrogen-bond donors (Lipinski definition) is 2. The van der Waals surface area contributed by atoms with Crippen molar-refractivity contribution in [3.8, 4) is 0 Å². The fourth-order valence-corrected chi connectivity index (χ4v) is 3.85. The van der Waals surface area contributed by atoms with Crippen LogP contribution in [0.4, 0.5) is 5.69 Å². The standard InChI is InChI=1S/C13H16N2O2S2/c1-2-10-3-5-11(6-4-10)15-19(16,17)13-7-12(8-14)18-9-13/h3-7,9,15H,2,8,14H2,1H3. The van der Waals surface area contributed by atoms with Crippen LogP contribution in [0.2, 0.25) is 0 Å². The maximum atomic E-state index is 12.1. The second-order valence-corrected chi connectivity index (χ2v) is 6.79. The van der Waals surface area contributed by atoms with Crippen molar-refractivity contribution in [2.75, 3.05) is 4.72 Å². The molecule has 0 fully saturated rings. The molecule has 0 aliphatic rings. The van der Waals surface area contributed by atoms with E-state index in [0.717, 1.165) is 11.3 Å². The van der Waals surface area contributed by atoms with Crippen molar-refractivity contribution in [2.24, 2.45) is 5.73 Å². The summed E-state index contributed by atoms with van der Waals surface area (Å²) in [4.78, 5) is 1.11. The lowest BCUT2D eigenvalue weighted by Crippen LogP contribution is -2.12. The average Bonchev–Trinajstić information content (AvgIpc) is 2.89. The van der Waals surface area contributed by atoms with Crippen LogP contribution >= 0.6 is 11.3 Å². The van der Waals surface area contributed by atoms with E-state index in [1.54, 1.807) is 23.6 Å². The van der Waals surface area contributed by atoms with Crippen LogP contribution in [-0.2, 0) is 23.0 Å². The summed E-state index contributed by atoms with van der Waals surface area (Å²) in [5.41, 5.74) is 7.22. The molecule has 0 aliphatic carbocycles. The van der Waals surface area contributed by atoms with Crippen molar-refractivity contribution in [3.63, 3.8) is 0 Å². The Labute approximate surface area is 117 Å². The molecular formula is C13H16N2O2S2. The molecule has 2 rings (SSSR count). The first kappa shape index (κ1) is 14.0. The highest BCUT2D eigenvalue weighted by Gasteiger charge is 2.15. The summed E-state index contributed by atoms with van der Waals surface area (Å²) >= 11 is 1.35. The molecule has 0 aliphatic heterocycles. The molecule has 0 radical (unpaired) electrons. The highest BCUT2D eigenvalue weighted by atomic mass is 32.2. The Bertz CT molecular complexity index is 646. The Hall–Kier alpha value is -1.37. The van der Waals surface area contributed by atoms with Crippen LogP contribution in [-0.4, -0.2) is 8.42 Å². The number of thiophene rings is 1. The van der Waals surface area contributed by atoms with Crippen molar-refractivity contribution < 1.29 is 8.42 Å². The van der Waals surface area contributed by atoms with Gasteiger partial charge in [0.1, 0.15) is 0 Å². The number of sulfonamides is 1. The van der Waals surface area contributed by atoms with Crippen LogP contribution in [0.25, 0.3) is 0 Å². The van der Waals surface area contributed by atoms with E-state index < -0.39 is 10.0 Å². The number of nitrogens with two attached hydrogens (primary N) is 1. The van der Waals surface area contributed by atoms with E-state index in [9.17, 15) is 8.42 Å². The summed E-state index contributed by atoms with van der Waals surface area (Å²) in [6.45, 7) is 2.41. The molecule has 0 saturated carbocycles. The molecule has 2 aromatic rings. The Balaban J connectivity index is 2.20. The number of nitrogens with one attached hydrogen (secondary N) is 1. The lowest BCUT2D eigenvalue weighted by Gasteiger charge is -2.07. The molecule has 1 aromatic carbocycles. The predicted octanol–water partition coefficient (Wildman–Crippen LogP) is 2.57. The van der Waals surface area contributed by atoms with E-state index >= 15 is 0 Å². The van der Waals surface area contributed by atoms with Crippen molar-refractivity contribution in [1.82, 2.24) is 0 Å². The summed E-state index contributed by atoms with van der Waals surface area (Å²) in [6, 6.07) is 8.97. The number of hydrogen-bond acceptors (Lipinski definition) is 4. The van der Waals surface area contributed by atoms with E-state index in [1.807, 2.05) is 12.1 Å². The van der Waals surface area contributed by atoms with Crippen LogP contribution in [0.1, 0.15) is 17.4 Å². The Morgan fingerprint density at radius 3 is 2.47 bits per heavy atom. The quantitative estimate of drug-likeness (QED) is 0.890. The van der Waals surface area contributed by atoms with Gasteiger partial charge in [-0.1, -0.05) is 19.1 Å². The molecule has 1 heterocycles. The lowest BCUT2D eigenvalue weighted by molar-refractivity contribution is 0.601. The van der Waals surface area contributed by atoms with Gasteiger partial charge in [-0.05, 0) is 30.2 Å². The topological polar surface area (TPSA) is 72.2 Å². The molecule has 0 saturated heterocycles. The smallest absolute Gasteiger partial charge is 0.262 e. The van der Waals surface area contributed by atoms with Gasteiger partial charge < -0.3 is 5.73 Å². The summed E-state index contributed by atoms with van der Waals surface area (Å²) in [7, 11) is -3.52. The van der Waals surface area contributed by atoms with Gasteiger partial charge in [0.2, 0.25) is 0 Å². The van der Waals surface area contributed by atoms with Gasteiger partial charge in [0.05, 0.1) is 4.90 Å². The molecule has 102 valence electrons. The van der Waals surface area contributed by atoms with Gasteiger partial charge in [-0.2, -0.15) is 0 Å². The van der Waals surface area contributed by atoms with Crippen LogP contribution in [0.3, 0.4) is 0 Å². The SMILES string of the molecule is CCc1ccc(NS(=O)(=O)c2csc(CN)c2)cc1. The fraction of sp³-hybridized carbons (Fsp3) is 0.231. The third-order valence-electron chi connectivity index (χ3n) is 2.76. The van der Waals surface area contributed by atoms with Crippen LogP contribution < -0.4 is 10.5 Å². The number of rotatable bonds is 5. The largest absolute Gasteiger partial charge is 0.326 e. The maximum Gasteiger partial charge on any atom is 0.262 e. The Morgan fingerprint density at radius 1 is 1.26 bits per heavy atom. The van der Waals surface area contributed by atoms with Gasteiger partial charge in [-0.15, -0.1) is 11.3 Å². The number of benzene rings is 1. The minimum Gasteiger partial charge on any atom is -0.326 e. The molecule has 0 amide bonds. The normalized spacial score (nSPS) is 11.5. The van der Waals surface area contributed by atoms with Gasteiger partial charge in [0.15, 0.2) is 0 Å². The molecule has 19 heavy (non-hydrogen) atoms. The third-order valence-corrected chi connectivity index (χ3v) is 5.22. The summed E-state index contributed by atoms with van der Waals surface area (Å²) in [6.07, 6.45) is 0.928. The van der Waals surface area contributed by atoms with Crippen molar-refractivity contribution in [3.05, 3.63) is 46.2 Å². The van der Waals surface area contributed by atoms with Crippen LogP contribution in [0, 0.1) is 0 Å². The van der Waals surface area contributed by atoms with Gasteiger partial charge >= 0.3 is 0 Å². The van der Waals surface area contributed by atoms with E-state index in [0.29, 0.717) is 12.2 Å². The predicted molar refractivity (Wildman–Crippen MR) is 78.8 cm³/mol. The van der Waals surface area contributed by atoms with Gasteiger partial charge in [-0.3, -0.25) is 4.72 Å². The first-order chi connectivity index (χ1) is 9.05. The highest BCUT2D eigenvalue weighted by Crippen LogP contribution is 2.22. The van der Waals surface area contributed by atoms with Crippen molar-refractivity contribution in [2.45, 2.75) is 24.8 Å². The molecule has 0 bridgehead atoms. The number of anilines is 1. The van der Waals surface area contributed by atoms with Gasteiger partial charge in [-0.25, -0.2) is 8.42 Å². The van der Waals surface area contributed by atoms with Crippen molar-refractivity contribution >= 4 is 27.0 Å². The molecule has 6 heteroatoms. The fourth-order valence-electron chi connectivity index (χ4n) is 1.63. The first-order valence-corrected chi connectivity index (χ1v) is 8.30. The molecular weight excluding hydrogens is 280 g/mol. The van der Waals surface area contributed by atoms with E-state index in [1.165, 1.54) is 16.9 Å². The monoisotopic (exact) mass is 296 g/mol. The molecule has 0 spiro atoms. The number of aryl methyl sites for hydroxylation is 1. The zero-order chi connectivity index (χ0) is 13.9. The molecule has 1 aromatic heterocycles. The summed E-state index contributed by atoms with van der Waals surface area (Å²) in [5.74, 6) is 0. The molecule has 3 N–H and O–H groups in total. The van der Waals surface area contributed by atoms with Crippen LogP contribution in [0.15, 0.2) is 40.6 Å². The minimum atomic E-state index is -3.52. The highest BCUT2D eigenvalue weighted by molar-refractivity contribution is 7.92. The van der Waals surface area contributed by atoms with Crippen molar-refractivity contribution in [1.29, 1.82) is 0 Å². The van der Waals surface area contributed by atoms with Crippen LogP contribution in [0.5, 0.6) is 0 Å². The Kier molecular flexibility index (Phi) is 4.24.